The molecule has 1 amide bonds. The van der Waals surface area contributed by atoms with E-state index in [1.54, 1.807) is 18.5 Å². The minimum Gasteiger partial charge on any atom is -0.454 e. The second kappa shape index (κ2) is 10.8. The van der Waals surface area contributed by atoms with E-state index in [0.29, 0.717) is 54.9 Å². The minimum absolute atomic E-state index is 0.0287. The van der Waals surface area contributed by atoms with E-state index in [1.807, 2.05) is 18.7 Å². The topological polar surface area (TPSA) is 103 Å². The molecule has 7 fully saturated rings. The molecule has 1 aromatic rings. The van der Waals surface area contributed by atoms with Gasteiger partial charge in [0.15, 0.2) is 6.10 Å². The fourth-order valence-corrected chi connectivity index (χ4v) is 13.3. The highest BCUT2D eigenvalue weighted by Crippen LogP contribution is 2.89. The van der Waals surface area contributed by atoms with Gasteiger partial charge in [0.25, 0.3) is 0 Å². The van der Waals surface area contributed by atoms with Gasteiger partial charge in [-0.15, -0.1) is 0 Å². The Morgan fingerprint density at radius 1 is 0.957 bits per heavy atom. The third-order valence-corrected chi connectivity index (χ3v) is 15.6. The Balaban J connectivity index is 1.00. The number of aliphatic hydroxyl groups is 1. The van der Waals surface area contributed by atoms with Crippen molar-refractivity contribution < 1.29 is 28.8 Å². The first-order valence-corrected chi connectivity index (χ1v) is 18.6. The van der Waals surface area contributed by atoms with E-state index in [0.717, 1.165) is 25.7 Å². The number of ether oxygens (including phenoxy) is 4. The third kappa shape index (κ3) is 4.60. The summed E-state index contributed by atoms with van der Waals surface area (Å²) in [7, 11) is 0. The molecule has 1 aromatic heterocycles. The Bertz CT molecular complexity index is 1360. The average Bonchev–Trinajstić information content (AvgIpc) is 3.65. The molecule has 47 heavy (non-hydrogen) atoms. The lowest BCUT2D eigenvalue weighted by Gasteiger charge is -2.63. The molecule has 11 atom stereocenters. The van der Waals surface area contributed by atoms with Gasteiger partial charge in [-0.2, -0.15) is 0 Å². The average molecular weight is 652 g/mol. The van der Waals surface area contributed by atoms with E-state index in [2.05, 4.69) is 37.7 Å². The number of rotatable bonds is 5. The van der Waals surface area contributed by atoms with Gasteiger partial charge in [0.2, 0.25) is 0 Å². The zero-order valence-electron chi connectivity index (χ0n) is 29.5. The molecule has 0 aromatic carbocycles. The summed E-state index contributed by atoms with van der Waals surface area (Å²) in [6, 6.07) is 2.06. The number of morpholine rings is 1. The second-order valence-electron chi connectivity index (χ2n) is 18.2. The summed E-state index contributed by atoms with van der Waals surface area (Å²) >= 11 is 0. The molecule has 0 bridgehead atoms. The highest BCUT2D eigenvalue weighted by atomic mass is 16.6. The SMILES string of the molecule is CC(C)(O)C(Oc1ncccn1)C1CCC2C(CC3(C)C4CCC5C(C)(C)C(OC(=O)N6CCOCC6)CCC56CC46CCC23C)O1. The van der Waals surface area contributed by atoms with E-state index < -0.39 is 11.7 Å². The zero-order valence-corrected chi connectivity index (χ0v) is 29.5. The summed E-state index contributed by atoms with van der Waals surface area (Å²) in [6.45, 7) is 16.1. The molecule has 2 saturated heterocycles. The van der Waals surface area contributed by atoms with Crippen LogP contribution in [0.1, 0.15) is 106 Å². The van der Waals surface area contributed by atoms with Gasteiger partial charge in [0.05, 0.1) is 31.0 Å². The maximum atomic E-state index is 13.2. The lowest BCUT2D eigenvalue weighted by atomic mass is 9.42. The lowest BCUT2D eigenvalue weighted by molar-refractivity contribution is -0.175. The minimum atomic E-state index is -1.10. The van der Waals surface area contributed by atoms with E-state index in [4.69, 9.17) is 18.9 Å². The van der Waals surface area contributed by atoms with E-state index in [-0.39, 0.29) is 46.7 Å². The number of hydrogen-bond donors (Lipinski definition) is 1. The molecule has 5 saturated carbocycles. The monoisotopic (exact) mass is 651 g/mol. The number of nitrogens with zero attached hydrogens (tertiary/aromatic N) is 3. The predicted molar refractivity (Wildman–Crippen MR) is 176 cm³/mol. The Labute approximate surface area is 280 Å². The number of fused-ring (bicyclic) bond motifs is 4. The molecule has 7 aliphatic rings. The van der Waals surface area contributed by atoms with Gasteiger partial charge >= 0.3 is 12.1 Å². The summed E-state index contributed by atoms with van der Waals surface area (Å²) in [5.41, 5.74) is 0.0889. The first-order chi connectivity index (χ1) is 22.3. The molecular weight excluding hydrogens is 594 g/mol. The summed E-state index contributed by atoms with van der Waals surface area (Å²) in [6.07, 6.45) is 14.2. The van der Waals surface area contributed by atoms with Gasteiger partial charge in [-0.25, -0.2) is 14.8 Å². The van der Waals surface area contributed by atoms with Crippen LogP contribution in [-0.4, -0.2) is 82.4 Å². The third-order valence-electron chi connectivity index (χ3n) is 15.6. The van der Waals surface area contributed by atoms with Crippen LogP contribution in [0.5, 0.6) is 6.01 Å². The van der Waals surface area contributed by atoms with Crippen molar-refractivity contribution in [1.29, 1.82) is 0 Å². The van der Waals surface area contributed by atoms with Crippen LogP contribution in [0.2, 0.25) is 0 Å². The second-order valence-corrected chi connectivity index (χ2v) is 18.2. The van der Waals surface area contributed by atoms with Crippen molar-refractivity contribution >= 4 is 6.09 Å². The summed E-state index contributed by atoms with van der Waals surface area (Å²) in [4.78, 5) is 23.6. The molecule has 1 N–H and O–H groups in total. The largest absolute Gasteiger partial charge is 0.454 e. The molecule has 9 heteroatoms. The van der Waals surface area contributed by atoms with Gasteiger partial charge in [0, 0.05) is 30.9 Å². The van der Waals surface area contributed by atoms with Crippen molar-refractivity contribution in [2.75, 3.05) is 26.3 Å². The van der Waals surface area contributed by atoms with Crippen LogP contribution in [0, 0.1) is 44.8 Å². The van der Waals surface area contributed by atoms with Crippen molar-refractivity contribution in [3.8, 4) is 6.01 Å². The first kappa shape index (κ1) is 32.2. The first-order valence-electron chi connectivity index (χ1n) is 18.6. The van der Waals surface area contributed by atoms with Crippen molar-refractivity contribution in [2.24, 2.45) is 44.8 Å². The summed E-state index contributed by atoms with van der Waals surface area (Å²) < 4.78 is 25.1. The number of carbonyl (C=O) groups is 1. The van der Waals surface area contributed by atoms with Crippen molar-refractivity contribution in [1.82, 2.24) is 14.9 Å². The standard InChI is InChI=1S/C38H57N3O6/c1-33(2)27-10-11-28-36(6)22-26-24(8-9-25(45-26)30(34(3,4)43)47-31-39-16-7-17-40-31)35(36,5)14-15-38(28)23-37(27,38)13-12-29(33)46-32(42)41-18-20-44-21-19-41/h7,16-17,24-30,43H,8-15,18-23H2,1-6H3. The van der Waals surface area contributed by atoms with Crippen molar-refractivity contribution in [3.05, 3.63) is 18.5 Å². The molecule has 2 spiro atoms. The Hall–Kier alpha value is -1.97. The van der Waals surface area contributed by atoms with Crippen LogP contribution in [0.25, 0.3) is 0 Å². The number of amides is 1. The summed E-state index contributed by atoms with van der Waals surface area (Å²) in [5, 5.41) is 11.2. The zero-order chi connectivity index (χ0) is 33.0. The number of hydrogen-bond acceptors (Lipinski definition) is 8. The molecule has 0 radical (unpaired) electrons. The Morgan fingerprint density at radius 3 is 2.38 bits per heavy atom. The molecule has 9 nitrogen and oxygen atoms in total. The van der Waals surface area contributed by atoms with Gasteiger partial charge < -0.3 is 29.0 Å². The normalized spacial score (nSPS) is 45.7. The van der Waals surface area contributed by atoms with Crippen molar-refractivity contribution in [3.63, 3.8) is 0 Å². The van der Waals surface area contributed by atoms with Gasteiger partial charge in [-0.05, 0) is 124 Å². The highest BCUT2D eigenvalue weighted by Gasteiger charge is 2.83. The number of carbonyl (C=O) groups excluding carboxylic acids is 1. The predicted octanol–water partition coefficient (Wildman–Crippen LogP) is 6.43. The molecule has 5 aliphatic carbocycles. The van der Waals surface area contributed by atoms with E-state index in [1.165, 1.54) is 38.5 Å². The maximum Gasteiger partial charge on any atom is 0.410 e. The Morgan fingerprint density at radius 2 is 1.66 bits per heavy atom. The number of aromatic nitrogens is 2. The smallest absolute Gasteiger partial charge is 0.410 e. The van der Waals surface area contributed by atoms with Gasteiger partial charge in [-0.1, -0.05) is 27.7 Å². The fourth-order valence-electron chi connectivity index (χ4n) is 13.3. The maximum absolute atomic E-state index is 13.2. The Kier molecular flexibility index (Phi) is 7.38. The van der Waals surface area contributed by atoms with Crippen LogP contribution in [0.4, 0.5) is 4.79 Å². The molecule has 260 valence electrons. The van der Waals surface area contributed by atoms with Gasteiger partial charge in [0.1, 0.15) is 6.10 Å². The molecule has 8 rings (SSSR count). The van der Waals surface area contributed by atoms with Crippen LogP contribution >= 0.6 is 0 Å². The van der Waals surface area contributed by atoms with E-state index >= 15 is 0 Å². The quantitative estimate of drug-likeness (QED) is 0.389. The van der Waals surface area contributed by atoms with E-state index in [9.17, 15) is 9.90 Å². The van der Waals surface area contributed by atoms with Crippen LogP contribution in [-0.2, 0) is 14.2 Å². The highest BCUT2D eigenvalue weighted by molar-refractivity contribution is 5.68. The fraction of sp³-hybridized carbons (Fsp3) is 0.868. The molecule has 3 heterocycles. The van der Waals surface area contributed by atoms with Gasteiger partial charge in [-0.3, -0.25) is 0 Å². The van der Waals surface area contributed by atoms with Crippen LogP contribution < -0.4 is 4.74 Å². The molecule has 2 aliphatic heterocycles. The molecule has 11 unspecified atom stereocenters. The van der Waals surface area contributed by atoms with Crippen LogP contribution in [0.3, 0.4) is 0 Å². The lowest BCUT2D eigenvalue weighted by Crippen LogP contribution is -2.58. The van der Waals surface area contributed by atoms with Crippen molar-refractivity contribution in [2.45, 2.75) is 136 Å². The van der Waals surface area contributed by atoms with Crippen LogP contribution in [0.15, 0.2) is 18.5 Å². The summed E-state index contributed by atoms with van der Waals surface area (Å²) in [5.74, 6) is 1.81. The molecular formula is C38H57N3O6.